The fourth-order valence-corrected chi connectivity index (χ4v) is 4.26. The second-order valence-electron chi connectivity index (χ2n) is 11.9. The van der Waals surface area contributed by atoms with Gasteiger partial charge in [0.25, 0.3) is 0 Å². The summed E-state index contributed by atoms with van der Waals surface area (Å²) < 4.78 is 56.3. The maximum atomic E-state index is 14.4. The molecule has 0 spiro atoms. The van der Waals surface area contributed by atoms with E-state index in [1.807, 2.05) is 0 Å². The van der Waals surface area contributed by atoms with E-state index in [4.69, 9.17) is 5.11 Å². The van der Waals surface area contributed by atoms with Crippen molar-refractivity contribution < 1.29 is 47.6 Å². The van der Waals surface area contributed by atoms with Crippen LogP contribution < -0.4 is 0 Å². The maximum Gasteiger partial charge on any atom is 0.354 e. The van der Waals surface area contributed by atoms with Crippen LogP contribution in [0.2, 0.25) is 0 Å². The number of hydrogen-bond acceptors (Lipinski definition) is 4. The number of halogens is 4. The predicted molar refractivity (Wildman–Crippen MR) is 165 cm³/mol. The van der Waals surface area contributed by atoms with E-state index >= 15 is 0 Å². The fourth-order valence-electron chi connectivity index (χ4n) is 4.26. The van der Waals surface area contributed by atoms with Crippen LogP contribution in [-0.2, 0) is 30.9 Å². The Balaban J connectivity index is 0.000000251. The molecule has 1 radical (unpaired) electrons. The summed E-state index contributed by atoms with van der Waals surface area (Å²) in [6, 6.07) is 22.7. The van der Waals surface area contributed by atoms with Gasteiger partial charge < -0.3 is 15.1 Å². The molecule has 0 amide bonds. The number of rotatable bonds is 3. The molecule has 0 aliphatic heterocycles. The number of nitrogens with zero attached hydrogens (tertiary/aromatic N) is 3. The molecule has 3 heterocycles. The number of carbonyl (C=O) groups is 1. The van der Waals surface area contributed by atoms with Crippen LogP contribution in [0.3, 0.4) is 0 Å². The zero-order chi connectivity index (χ0) is 33.4. The maximum absolute atomic E-state index is 14.4. The molecular weight excluding hydrogens is 775 g/mol. The number of aromatic carboxylic acids is 1. The number of hydrogen-bond donors (Lipinski definition) is 1. The molecule has 0 fully saturated rings. The molecule has 1 N–H and O–H groups in total. The third-order valence-electron chi connectivity index (χ3n) is 6.27. The van der Waals surface area contributed by atoms with Gasteiger partial charge in [-0.05, 0) is 46.5 Å². The van der Waals surface area contributed by atoms with Crippen molar-refractivity contribution in [1.82, 2.24) is 15.0 Å². The van der Waals surface area contributed by atoms with Crippen LogP contribution in [0.25, 0.3) is 22.5 Å². The minimum atomic E-state index is -0.990. The van der Waals surface area contributed by atoms with Crippen LogP contribution in [0.1, 0.15) is 63.2 Å². The summed E-state index contributed by atoms with van der Waals surface area (Å²) in [6.07, 6.45) is 4.59. The van der Waals surface area contributed by atoms with E-state index in [0.717, 1.165) is 0 Å². The van der Waals surface area contributed by atoms with Gasteiger partial charge in [-0.3, -0.25) is 17.6 Å². The average molecular weight is 808 g/mol. The number of carboxylic acid groups (broad SMARTS) is 1. The quantitative estimate of drug-likeness (QED) is 0.146. The Labute approximate surface area is 280 Å². The monoisotopic (exact) mass is 808 g/mol. The molecule has 0 unspecified atom stereocenters. The minimum absolute atomic E-state index is 0. The molecule has 5 aromatic rings. The SMILES string of the molecule is CC(C)(C)c1c(F)c[c-]c(-c2ccccn2)c1F.CC(C)(C)c1c(F)c[c-]c(-c2ccccn2)c1F.O=C(O)c1ccccn1.[Ir]. The zero-order valence-corrected chi connectivity index (χ0v) is 28.5. The van der Waals surface area contributed by atoms with Gasteiger partial charge in [-0.2, -0.15) is 0 Å². The topological polar surface area (TPSA) is 76.0 Å². The number of pyridine rings is 3. The average Bonchev–Trinajstić information content (AvgIpc) is 2.98. The summed E-state index contributed by atoms with van der Waals surface area (Å²) in [6.45, 7) is 10.6. The third kappa shape index (κ3) is 9.86. The van der Waals surface area contributed by atoms with E-state index < -0.39 is 40.1 Å². The van der Waals surface area contributed by atoms with Gasteiger partial charge in [0.05, 0.1) is 0 Å². The van der Waals surface area contributed by atoms with Gasteiger partial charge >= 0.3 is 5.97 Å². The van der Waals surface area contributed by atoms with Crippen LogP contribution in [-0.4, -0.2) is 26.0 Å². The van der Waals surface area contributed by atoms with Crippen molar-refractivity contribution in [3.63, 3.8) is 0 Å². The van der Waals surface area contributed by atoms with Gasteiger partial charge in [0, 0.05) is 62.0 Å². The first-order valence-electron chi connectivity index (χ1n) is 13.9. The van der Waals surface area contributed by atoms with E-state index in [1.165, 1.54) is 24.4 Å². The molecule has 0 saturated heterocycles. The molecule has 3 aromatic heterocycles. The summed E-state index contributed by atoms with van der Waals surface area (Å²) in [5.74, 6) is -3.29. The summed E-state index contributed by atoms with van der Waals surface area (Å²) in [7, 11) is 0. The van der Waals surface area contributed by atoms with Crippen molar-refractivity contribution in [2.24, 2.45) is 0 Å². The van der Waals surface area contributed by atoms with Gasteiger partial charge in [-0.1, -0.05) is 94.1 Å². The first-order valence-corrected chi connectivity index (χ1v) is 13.9. The van der Waals surface area contributed by atoms with Crippen molar-refractivity contribution in [3.8, 4) is 22.5 Å². The van der Waals surface area contributed by atoms with Gasteiger partial charge in [0.1, 0.15) is 5.69 Å². The molecule has 46 heavy (non-hydrogen) atoms. The first-order chi connectivity index (χ1) is 21.1. The molecule has 5 nitrogen and oxygen atoms in total. The van der Waals surface area contributed by atoms with Crippen LogP contribution in [0, 0.1) is 35.4 Å². The van der Waals surface area contributed by atoms with Gasteiger partial charge in [-0.25, -0.2) is 9.78 Å². The molecular formula is C36H33F4IrN3O2-2. The second-order valence-corrected chi connectivity index (χ2v) is 11.9. The summed E-state index contributed by atoms with van der Waals surface area (Å²) in [5, 5.41) is 8.32. The van der Waals surface area contributed by atoms with Gasteiger partial charge in [0.2, 0.25) is 0 Å². The molecule has 10 heteroatoms. The molecule has 0 aliphatic rings. The fraction of sp³-hybridized carbons (Fsp3) is 0.222. The largest absolute Gasteiger partial charge is 0.477 e. The van der Waals surface area contributed by atoms with Crippen LogP contribution in [0.15, 0.2) is 85.3 Å². The Hall–Kier alpha value is -4.27. The Bertz CT molecular complexity index is 1620. The number of benzene rings is 2. The van der Waals surface area contributed by atoms with Crippen molar-refractivity contribution >= 4 is 5.97 Å². The standard InChI is InChI=1S/2C15H14F2N.C6H5NO2.Ir/c2*1-15(2,3)13-11(16)8-7-10(14(13)17)12-6-4-5-9-18-12;8-6(9)5-3-1-2-4-7-5;/h2*4-6,8-9H,1-3H3;1-4H,(H,8,9);/q2*-1;;. The minimum Gasteiger partial charge on any atom is -0.477 e. The van der Waals surface area contributed by atoms with Gasteiger partial charge in [-0.15, -0.1) is 24.3 Å². The molecule has 5 rings (SSSR count). The predicted octanol–water partition coefficient (Wildman–Crippen LogP) is 9.03. The van der Waals surface area contributed by atoms with E-state index in [2.05, 4.69) is 27.1 Å². The van der Waals surface area contributed by atoms with Crippen molar-refractivity contribution in [2.45, 2.75) is 52.4 Å². The van der Waals surface area contributed by atoms with Crippen molar-refractivity contribution in [3.05, 3.63) is 138 Å². The Morgan fingerprint density at radius 2 is 1.00 bits per heavy atom. The van der Waals surface area contributed by atoms with Gasteiger partial charge in [0.15, 0.2) is 0 Å². The summed E-state index contributed by atoms with van der Waals surface area (Å²) in [5.41, 5.74) is 0.353. The van der Waals surface area contributed by atoms with E-state index in [9.17, 15) is 22.4 Å². The van der Waals surface area contributed by atoms with Crippen LogP contribution in [0.5, 0.6) is 0 Å². The van der Waals surface area contributed by atoms with E-state index in [0.29, 0.717) is 11.4 Å². The van der Waals surface area contributed by atoms with Crippen LogP contribution in [0.4, 0.5) is 17.6 Å². The third-order valence-corrected chi connectivity index (χ3v) is 6.27. The Morgan fingerprint density at radius 3 is 1.26 bits per heavy atom. The molecule has 0 aliphatic carbocycles. The van der Waals surface area contributed by atoms with E-state index in [1.54, 1.807) is 102 Å². The smallest absolute Gasteiger partial charge is 0.354 e. The Morgan fingerprint density at radius 1 is 0.630 bits per heavy atom. The number of aromatic nitrogens is 3. The summed E-state index contributed by atoms with van der Waals surface area (Å²) in [4.78, 5) is 21.9. The van der Waals surface area contributed by atoms with E-state index in [-0.39, 0.29) is 48.1 Å². The molecule has 0 bridgehead atoms. The zero-order valence-electron chi connectivity index (χ0n) is 26.1. The first kappa shape index (κ1) is 37.9. The molecule has 0 saturated carbocycles. The molecule has 0 atom stereocenters. The Kier molecular flexibility index (Phi) is 13.5. The molecule has 243 valence electrons. The number of carboxylic acids is 1. The van der Waals surface area contributed by atoms with Crippen molar-refractivity contribution in [2.75, 3.05) is 0 Å². The molecule has 2 aromatic carbocycles. The van der Waals surface area contributed by atoms with Crippen molar-refractivity contribution in [1.29, 1.82) is 0 Å². The summed E-state index contributed by atoms with van der Waals surface area (Å²) >= 11 is 0. The second kappa shape index (κ2) is 16.3. The van der Waals surface area contributed by atoms with Crippen LogP contribution >= 0.6 is 0 Å². The normalized spacial score (nSPS) is 10.8.